The fourth-order valence-electron chi connectivity index (χ4n) is 4.65. The highest BCUT2D eigenvalue weighted by molar-refractivity contribution is 6.06. The summed E-state index contributed by atoms with van der Waals surface area (Å²) in [5.41, 5.74) is 2.60. The maximum Gasteiger partial charge on any atom is 0.293 e. The second-order valence-electron chi connectivity index (χ2n) is 9.33. The first-order chi connectivity index (χ1) is 15.4. The standard InChI is InChI=1S/C25H30FN3O3/c1-3-24(2)16-31-25(32-17-24)21-6-4-5-7-22(21)29(23(25)30)18-27-12-14-28(15-13-27)20-10-8-19(26)9-11-20/h4-11H,3,12-18H2,1-2H3. The Labute approximate surface area is 188 Å². The van der Waals surface area contributed by atoms with Crippen LogP contribution in [0.2, 0.25) is 0 Å². The SMILES string of the molecule is CCC1(C)COC2(OC1)C(=O)N(CN1CCN(c3ccc(F)cc3)CC1)c1ccccc12. The van der Waals surface area contributed by atoms with E-state index in [4.69, 9.17) is 9.47 Å². The first kappa shape index (κ1) is 21.4. The summed E-state index contributed by atoms with van der Waals surface area (Å²) in [5.74, 6) is -1.70. The van der Waals surface area contributed by atoms with Gasteiger partial charge in [0, 0.05) is 42.8 Å². The molecule has 0 unspecified atom stereocenters. The fraction of sp³-hybridized carbons (Fsp3) is 0.480. The number of ether oxygens (including phenoxy) is 2. The number of halogens is 1. The molecular weight excluding hydrogens is 409 g/mol. The third-order valence-corrected chi connectivity index (χ3v) is 7.08. The van der Waals surface area contributed by atoms with Gasteiger partial charge in [-0.05, 0) is 36.8 Å². The van der Waals surface area contributed by atoms with Gasteiger partial charge in [-0.3, -0.25) is 14.6 Å². The van der Waals surface area contributed by atoms with Crippen molar-refractivity contribution in [3.8, 4) is 0 Å². The van der Waals surface area contributed by atoms with Crippen LogP contribution in [0.3, 0.4) is 0 Å². The van der Waals surface area contributed by atoms with Crippen LogP contribution in [0, 0.1) is 11.2 Å². The van der Waals surface area contributed by atoms with E-state index in [0.717, 1.165) is 49.5 Å². The third-order valence-electron chi connectivity index (χ3n) is 7.08. The van der Waals surface area contributed by atoms with E-state index < -0.39 is 5.79 Å². The molecule has 0 aromatic heterocycles. The van der Waals surface area contributed by atoms with Crippen LogP contribution in [0.15, 0.2) is 48.5 Å². The van der Waals surface area contributed by atoms with E-state index in [-0.39, 0.29) is 17.1 Å². The van der Waals surface area contributed by atoms with Crippen LogP contribution < -0.4 is 9.80 Å². The Balaban J connectivity index is 1.30. The lowest BCUT2D eigenvalue weighted by Crippen LogP contribution is -2.55. The number of piperazine rings is 1. The number of amides is 1. The van der Waals surface area contributed by atoms with E-state index in [1.807, 2.05) is 36.4 Å². The number of para-hydroxylation sites is 1. The maximum atomic E-state index is 13.6. The Kier molecular flexibility index (Phi) is 5.43. The van der Waals surface area contributed by atoms with Gasteiger partial charge >= 0.3 is 0 Å². The molecule has 3 aliphatic heterocycles. The minimum absolute atomic E-state index is 0.0788. The zero-order valence-electron chi connectivity index (χ0n) is 18.7. The highest BCUT2D eigenvalue weighted by atomic mass is 19.1. The number of nitrogens with zero attached hydrogens (tertiary/aromatic N) is 3. The van der Waals surface area contributed by atoms with Gasteiger partial charge in [0.05, 0.1) is 25.6 Å². The van der Waals surface area contributed by atoms with E-state index >= 15 is 0 Å². The van der Waals surface area contributed by atoms with E-state index in [0.29, 0.717) is 19.9 Å². The van der Waals surface area contributed by atoms with Gasteiger partial charge < -0.3 is 14.4 Å². The molecule has 0 aliphatic carbocycles. The Hall–Kier alpha value is -2.48. The van der Waals surface area contributed by atoms with Gasteiger partial charge in [-0.2, -0.15) is 0 Å². The van der Waals surface area contributed by atoms with Crippen LogP contribution >= 0.6 is 0 Å². The van der Waals surface area contributed by atoms with E-state index in [1.54, 1.807) is 4.90 Å². The molecule has 0 N–H and O–H groups in total. The number of fused-ring (bicyclic) bond motifs is 2. The lowest BCUT2D eigenvalue weighted by molar-refractivity contribution is -0.289. The van der Waals surface area contributed by atoms with E-state index in [2.05, 4.69) is 23.6 Å². The minimum Gasteiger partial charge on any atom is -0.369 e. The molecule has 6 nitrogen and oxygen atoms in total. The molecule has 2 fully saturated rings. The maximum absolute atomic E-state index is 13.6. The molecule has 0 saturated carbocycles. The van der Waals surface area contributed by atoms with Crippen LogP contribution in [0.25, 0.3) is 0 Å². The summed E-state index contributed by atoms with van der Waals surface area (Å²) in [6.07, 6.45) is 0.932. The van der Waals surface area contributed by atoms with Crippen molar-refractivity contribution in [2.45, 2.75) is 26.1 Å². The highest BCUT2D eigenvalue weighted by Gasteiger charge is 2.57. The van der Waals surface area contributed by atoms with Gasteiger partial charge in [-0.1, -0.05) is 32.0 Å². The number of hydrogen-bond acceptors (Lipinski definition) is 5. The first-order valence-electron chi connectivity index (χ1n) is 11.4. The summed E-state index contributed by atoms with van der Waals surface area (Å²) in [7, 11) is 0. The molecule has 5 rings (SSSR count). The second-order valence-corrected chi connectivity index (χ2v) is 9.33. The molecule has 0 radical (unpaired) electrons. The molecule has 3 aliphatic rings. The first-order valence-corrected chi connectivity index (χ1v) is 11.4. The van der Waals surface area contributed by atoms with Crippen LogP contribution in [0.1, 0.15) is 25.8 Å². The van der Waals surface area contributed by atoms with Crippen molar-refractivity contribution < 1.29 is 18.7 Å². The molecule has 3 heterocycles. The topological polar surface area (TPSA) is 45.3 Å². The summed E-state index contributed by atoms with van der Waals surface area (Å²) in [5, 5.41) is 0. The van der Waals surface area contributed by atoms with Gasteiger partial charge in [-0.15, -0.1) is 0 Å². The molecule has 7 heteroatoms. The minimum atomic E-state index is -1.33. The number of hydrogen-bond donors (Lipinski definition) is 0. The van der Waals surface area contributed by atoms with Crippen LogP contribution in [0.4, 0.5) is 15.8 Å². The van der Waals surface area contributed by atoms with Crippen LogP contribution in [0.5, 0.6) is 0 Å². The molecule has 1 amide bonds. The van der Waals surface area contributed by atoms with E-state index in [9.17, 15) is 9.18 Å². The Bertz CT molecular complexity index is 980. The number of carbonyl (C=O) groups excluding carboxylic acids is 1. The summed E-state index contributed by atoms with van der Waals surface area (Å²) < 4.78 is 25.6. The summed E-state index contributed by atoms with van der Waals surface area (Å²) in [4.78, 5) is 20.0. The average Bonchev–Trinajstić information content (AvgIpc) is 3.05. The predicted octanol–water partition coefficient (Wildman–Crippen LogP) is 3.57. The fourth-order valence-corrected chi connectivity index (χ4v) is 4.65. The lowest BCUT2D eigenvalue weighted by Gasteiger charge is -2.42. The van der Waals surface area contributed by atoms with Gasteiger partial charge in [0.2, 0.25) is 0 Å². The van der Waals surface area contributed by atoms with Gasteiger partial charge in [0.1, 0.15) is 5.82 Å². The quantitative estimate of drug-likeness (QED) is 0.729. The zero-order chi connectivity index (χ0) is 22.3. The number of carbonyl (C=O) groups is 1. The van der Waals surface area contributed by atoms with Crippen molar-refractivity contribution in [2.75, 3.05) is 55.9 Å². The van der Waals surface area contributed by atoms with Crippen molar-refractivity contribution in [2.24, 2.45) is 5.41 Å². The number of rotatable bonds is 4. The van der Waals surface area contributed by atoms with Crippen LogP contribution in [-0.2, 0) is 20.1 Å². The molecule has 0 atom stereocenters. The summed E-state index contributed by atoms with van der Waals surface area (Å²) in [6, 6.07) is 14.4. The summed E-state index contributed by atoms with van der Waals surface area (Å²) in [6.45, 7) is 8.99. The second kappa shape index (κ2) is 8.14. The Morgan fingerprint density at radius 1 is 0.969 bits per heavy atom. The smallest absolute Gasteiger partial charge is 0.293 e. The largest absolute Gasteiger partial charge is 0.369 e. The monoisotopic (exact) mass is 439 g/mol. The van der Waals surface area contributed by atoms with Crippen LogP contribution in [-0.4, -0.2) is 56.9 Å². The van der Waals surface area contributed by atoms with Gasteiger partial charge in [0.15, 0.2) is 0 Å². The zero-order valence-corrected chi connectivity index (χ0v) is 18.7. The Morgan fingerprint density at radius 2 is 1.62 bits per heavy atom. The van der Waals surface area contributed by atoms with E-state index in [1.165, 1.54) is 12.1 Å². The number of benzene rings is 2. The van der Waals surface area contributed by atoms with Gasteiger partial charge in [0.25, 0.3) is 11.7 Å². The molecular formula is C25H30FN3O3. The van der Waals surface area contributed by atoms with Crippen molar-refractivity contribution in [1.82, 2.24) is 4.90 Å². The highest BCUT2D eigenvalue weighted by Crippen LogP contribution is 2.47. The molecule has 1 spiro atoms. The molecule has 2 aromatic rings. The molecule has 2 saturated heterocycles. The third kappa shape index (κ3) is 3.58. The lowest BCUT2D eigenvalue weighted by atomic mass is 9.88. The molecule has 32 heavy (non-hydrogen) atoms. The van der Waals surface area contributed by atoms with Crippen molar-refractivity contribution in [3.05, 3.63) is 59.9 Å². The van der Waals surface area contributed by atoms with Crippen molar-refractivity contribution >= 4 is 17.3 Å². The predicted molar refractivity (Wildman–Crippen MR) is 121 cm³/mol. The molecule has 0 bridgehead atoms. The summed E-state index contributed by atoms with van der Waals surface area (Å²) >= 11 is 0. The normalized spacial score (nSPS) is 28.4. The van der Waals surface area contributed by atoms with Gasteiger partial charge in [-0.25, -0.2) is 4.39 Å². The average molecular weight is 440 g/mol. The van der Waals surface area contributed by atoms with Crippen molar-refractivity contribution in [1.29, 1.82) is 0 Å². The number of anilines is 2. The molecule has 170 valence electrons. The Morgan fingerprint density at radius 3 is 2.28 bits per heavy atom. The van der Waals surface area contributed by atoms with Crippen molar-refractivity contribution in [3.63, 3.8) is 0 Å². The molecule has 2 aromatic carbocycles.